The molecule has 1 amide bonds. The van der Waals surface area contributed by atoms with Crippen LogP contribution in [0.25, 0.3) is 0 Å². The molecule has 1 aromatic rings. The lowest BCUT2D eigenvalue weighted by molar-refractivity contribution is -0.137. The van der Waals surface area contributed by atoms with Gasteiger partial charge in [0.1, 0.15) is 12.2 Å². The summed E-state index contributed by atoms with van der Waals surface area (Å²) < 4.78 is 15.7. The van der Waals surface area contributed by atoms with E-state index in [4.69, 9.17) is 14.2 Å². The normalized spacial score (nSPS) is 13.7. The summed E-state index contributed by atoms with van der Waals surface area (Å²) in [4.78, 5) is 16.5. The number of rotatable bonds is 9. The fraction of sp³-hybridized carbons (Fsp3) is 0.625. The summed E-state index contributed by atoms with van der Waals surface area (Å²) in [7, 11) is 3.16. The molecule has 0 saturated carbocycles. The smallest absolute Gasteiger partial charge is 0.256 e. The van der Waals surface area contributed by atoms with Gasteiger partial charge in [0.2, 0.25) is 5.88 Å². The molecule has 6 heteroatoms. The van der Waals surface area contributed by atoms with Crippen LogP contribution in [0.1, 0.15) is 27.2 Å². The van der Waals surface area contributed by atoms with Crippen molar-refractivity contribution in [3.63, 3.8) is 0 Å². The van der Waals surface area contributed by atoms with Crippen LogP contribution in [0.15, 0.2) is 18.3 Å². The van der Waals surface area contributed by atoms with E-state index in [1.807, 2.05) is 0 Å². The third-order valence-electron chi connectivity index (χ3n) is 3.26. The molecule has 0 saturated heterocycles. The van der Waals surface area contributed by atoms with Crippen molar-refractivity contribution in [3.05, 3.63) is 18.3 Å². The second-order valence-corrected chi connectivity index (χ2v) is 5.71. The van der Waals surface area contributed by atoms with Crippen LogP contribution in [-0.4, -0.2) is 43.9 Å². The quantitative estimate of drug-likeness (QED) is 0.710. The maximum Gasteiger partial charge on any atom is 0.256 e. The molecule has 1 N–H and O–H groups in total. The van der Waals surface area contributed by atoms with Gasteiger partial charge in [0.15, 0.2) is 0 Å². The third-order valence-corrected chi connectivity index (χ3v) is 3.26. The Morgan fingerprint density at radius 1 is 1.32 bits per heavy atom. The topological polar surface area (TPSA) is 69.7 Å². The molecular formula is C16H26N2O4. The summed E-state index contributed by atoms with van der Waals surface area (Å²) in [5.41, 5.74) is -0.252. The van der Waals surface area contributed by atoms with Gasteiger partial charge < -0.3 is 19.5 Å². The number of carbonyl (C=O) groups excluding carboxylic acids is 1. The Morgan fingerprint density at radius 2 is 2.05 bits per heavy atom. The van der Waals surface area contributed by atoms with Crippen LogP contribution in [0.4, 0.5) is 5.69 Å². The van der Waals surface area contributed by atoms with Gasteiger partial charge in [-0.2, -0.15) is 0 Å². The van der Waals surface area contributed by atoms with Gasteiger partial charge >= 0.3 is 0 Å². The van der Waals surface area contributed by atoms with Gasteiger partial charge in [0.05, 0.1) is 18.5 Å². The number of hydrogen-bond acceptors (Lipinski definition) is 5. The van der Waals surface area contributed by atoms with Crippen LogP contribution in [0.5, 0.6) is 5.88 Å². The zero-order chi connectivity index (χ0) is 16.6. The summed E-state index contributed by atoms with van der Waals surface area (Å²) in [6.45, 7) is 6.83. The van der Waals surface area contributed by atoms with Crippen molar-refractivity contribution < 1.29 is 19.0 Å². The minimum Gasteiger partial charge on any atom is -0.475 e. The van der Waals surface area contributed by atoms with Crippen molar-refractivity contribution in [2.45, 2.75) is 32.8 Å². The van der Waals surface area contributed by atoms with Crippen molar-refractivity contribution in [1.29, 1.82) is 0 Å². The number of nitrogens with zero attached hydrogens (tertiary/aromatic N) is 1. The van der Waals surface area contributed by atoms with Crippen molar-refractivity contribution in [1.82, 2.24) is 4.98 Å². The van der Waals surface area contributed by atoms with Gasteiger partial charge in [0.25, 0.3) is 5.91 Å². The molecular weight excluding hydrogens is 284 g/mol. The van der Waals surface area contributed by atoms with Crippen molar-refractivity contribution in [2.75, 3.05) is 32.8 Å². The van der Waals surface area contributed by atoms with Crippen LogP contribution in [0.2, 0.25) is 0 Å². The number of pyridine rings is 1. The molecule has 0 fully saturated rings. The average molecular weight is 310 g/mol. The van der Waals surface area contributed by atoms with E-state index in [0.717, 1.165) is 0 Å². The highest BCUT2D eigenvalue weighted by Gasteiger charge is 2.33. The lowest BCUT2D eigenvalue weighted by atomic mass is 9.93. The molecule has 0 aliphatic heterocycles. The highest BCUT2D eigenvalue weighted by atomic mass is 16.5. The lowest BCUT2D eigenvalue weighted by Gasteiger charge is -2.28. The fourth-order valence-electron chi connectivity index (χ4n) is 2.08. The molecule has 1 rings (SSSR count). The molecule has 0 aliphatic carbocycles. The number of amides is 1. The van der Waals surface area contributed by atoms with Gasteiger partial charge in [-0.1, -0.05) is 13.8 Å². The Morgan fingerprint density at radius 3 is 2.55 bits per heavy atom. The van der Waals surface area contributed by atoms with E-state index in [1.165, 1.54) is 0 Å². The summed E-state index contributed by atoms with van der Waals surface area (Å²) in [5, 5.41) is 2.83. The minimum absolute atomic E-state index is 0.182. The van der Waals surface area contributed by atoms with Gasteiger partial charge in [-0.05, 0) is 25.3 Å². The van der Waals surface area contributed by atoms with E-state index in [-0.39, 0.29) is 5.91 Å². The molecule has 0 radical (unpaired) electrons. The zero-order valence-corrected chi connectivity index (χ0v) is 14.0. The van der Waals surface area contributed by atoms with E-state index in [0.29, 0.717) is 37.1 Å². The average Bonchev–Trinajstić information content (AvgIpc) is 2.48. The summed E-state index contributed by atoms with van der Waals surface area (Å²) in [6, 6.07) is 3.45. The van der Waals surface area contributed by atoms with Gasteiger partial charge in [0, 0.05) is 20.3 Å². The number of aromatic nitrogens is 1. The first kappa shape index (κ1) is 18.4. The molecule has 1 atom stereocenters. The first-order valence-corrected chi connectivity index (χ1v) is 7.35. The minimum atomic E-state index is -0.859. The molecule has 0 aliphatic rings. The van der Waals surface area contributed by atoms with E-state index in [1.54, 1.807) is 39.5 Å². The number of anilines is 1. The Hall–Kier alpha value is -1.66. The van der Waals surface area contributed by atoms with Crippen LogP contribution in [-0.2, 0) is 14.3 Å². The molecule has 6 nitrogen and oxygen atoms in total. The maximum atomic E-state index is 12.4. The highest BCUT2D eigenvalue weighted by molar-refractivity contribution is 5.96. The molecule has 1 unspecified atom stereocenters. The van der Waals surface area contributed by atoms with E-state index < -0.39 is 5.60 Å². The standard InChI is InChI=1S/C16H26N2O4/c1-12(2)10-16(3,21-5)15(19)18-13-6-7-14(17-11-13)22-9-8-20-4/h6-7,11-12H,8-10H2,1-5H3,(H,18,19). The molecule has 1 aromatic heterocycles. The summed E-state index contributed by atoms with van der Waals surface area (Å²) in [5.74, 6) is 0.663. The summed E-state index contributed by atoms with van der Waals surface area (Å²) >= 11 is 0. The Kier molecular flexibility index (Phi) is 7.27. The Labute approximate surface area is 132 Å². The van der Waals surface area contributed by atoms with Crippen molar-refractivity contribution in [2.24, 2.45) is 5.92 Å². The van der Waals surface area contributed by atoms with E-state index in [9.17, 15) is 4.79 Å². The van der Waals surface area contributed by atoms with Crippen LogP contribution in [0.3, 0.4) is 0 Å². The maximum absolute atomic E-state index is 12.4. The van der Waals surface area contributed by atoms with Crippen molar-refractivity contribution in [3.8, 4) is 5.88 Å². The Bertz CT molecular complexity index is 462. The highest BCUT2D eigenvalue weighted by Crippen LogP contribution is 2.22. The van der Waals surface area contributed by atoms with Gasteiger partial charge in [-0.15, -0.1) is 0 Å². The lowest BCUT2D eigenvalue weighted by Crippen LogP contribution is -2.43. The van der Waals surface area contributed by atoms with E-state index >= 15 is 0 Å². The second kappa shape index (κ2) is 8.70. The Balaban J connectivity index is 2.63. The largest absolute Gasteiger partial charge is 0.475 e. The SMILES string of the molecule is COCCOc1ccc(NC(=O)C(C)(CC(C)C)OC)cn1. The predicted octanol–water partition coefficient (Wildman–Crippen LogP) is 2.50. The van der Waals surface area contributed by atoms with Gasteiger partial charge in [-0.3, -0.25) is 4.79 Å². The predicted molar refractivity (Wildman–Crippen MR) is 85.1 cm³/mol. The first-order chi connectivity index (χ1) is 10.4. The van der Waals surface area contributed by atoms with E-state index in [2.05, 4.69) is 24.1 Å². The second-order valence-electron chi connectivity index (χ2n) is 5.71. The van der Waals surface area contributed by atoms with Gasteiger partial charge in [-0.25, -0.2) is 4.98 Å². The van der Waals surface area contributed by atoms with Crippen LogP contribution < -0.4 is 10.1 Å². The number of nitrogens with one attached hydrogen (secondary N) is 1. The van der Waals surface area contributed by atoms with Crippen LogP contribution in [0, 0.1) is 5.92 Å². The fourth-order valence-corrected chi connectivity index (χ4v) is 2.08. The summed E-state index contributed by atoms with van der Waals surface area (Å²) in [6.07, 6.45) is 2.20. The third kappa shape index (κ3) is 5.61. The monoisotopic (exact) mass is 310 g/mol. The van der Waals surface area contributed by atoms with Crippen LogP contribution >= 0.6 is 0 Å². The molecule has 124 valence electrons. The molecule has 0 bridgehead atoms. The number of hydrogen-bond donors (Lipinski definition) is 1. The molecule has 0 aromatic carbocycles. The molecule has 22 heavy (non-hydrogen) atoms. The first-order valence-electron chi connectivity index (χ1n) is 7.35. The number of carbonyl (C=O) groups is 1. The number of ether oxygens (including phenoxy) is 3. The number of methoxy groups -OCH3 is 2. The van der Waals surface area contributed by atoms with Crippen molar-refractivity contribution >= 4 is 11.6 Å². The molecule has 0 spiro atoms. The zero-order valence-electron chi connectivity index (χ0n) is 14.0. The molecule has 1 heterocycles.